The lowest BCUT2D eigenvalue weighted by atomic mass is 10.0. The van der Waals surface area contributed by atoms with E-state index in [1.807, 2.05) is 0 Å². The van der Waals surface area contributed by atoms with Gasteiger partial charge in [-0.25, -0.2) is 0 Å². The van der Waals surface area contributed by atoms with Crippen molar-refractivity contribution in [1.82, 2.24) is 9.03 Å². The third-order valence-corrected chi connectivity index (χ3v) is 5.97. The molecule has 1 saturated carbocycles. The molecule has 1 aliphatic carbocycles. The zero-order valence-corrected chi connectivity index (χ0v) is 12.9. The van der Waals surface area contributed by atoms with Crippen molar-refractivity contribution in [2.45, 2.75) is 57.1 Å². The normalized spacial score (nSPS) is 32.5. The van der Waals surface area contributed by atoms with Crippen molar-refractivity contribution in [3.05, 3.63) is 0 Å². The first-order valence-corrected chi connectivity index (χ1v) is 9.02. The van der Waals surface area contributed by atoms with Gasteiger partial charge in [0.2, 0.25) is 0 Å². The summed E-state index contributed by atoms with van der Waals surface area (Å²) in [6.45, 7) is 0.343. The average molecular weight is 320 g/mol. The second-order valence-corrected chi connectivity index (χ2v) is 7.67. The summed E-state index contributed by atoms with van der Waals surface area (Å²) >= 11 is 0. The van der Waals surface area contributed by atoms with Crippen LogP contribution in [0.5, 0.6) is 0 Å². The highest BCUT2D eigenvalue weighted by Crippen LogP contribution is 2.22. The molecule has 0 aromatic heterocycles. The van der Waals surface area contributed by atoms with Gasteiger partial charge in [0.25, 0.3) is 10.2 Å². The molecule has 0 aromatic rings. The highest BCUT2D eigenvalue weighted by atomic mass is 32.2. The number of aliphatic hydroxyl groups excluding tert-OH is 1. The molecule has 2 fully saturated rings. The van der Waals surface area contributed by atoms with Crippen LogP contribution in [-0.4, -0.2) is 54.1 Å². The van der Waals surface area contributed by atoms with E-state index in [1.54, 1.807) is 0 Å². The predicted molar refractivity (Wildman–Crippen MR) is 76.9 cm³/mol. The van der Waals surface area contributed by atoms with Gasteiger partial charge in [0, 0.05) is 19.1 Å². The second-order valence-electron chi connectivity index (χ2n) is 5.97. The standard InChI is InChI=1S/C13H24N2O5S/c16-12-7-3-1-2-6-11(12)14-21(19,20)15-8-4-5-10(9-15)13(17)18/h10-12,14,16H,1-9H2,(H,17,18). The first-order chi connectivity index (χ1) is 9.90. The molecular weight excluding hydrogens is 296 g/mol. The maximum atomic E-state index is 12.4. The summed E-state index contributed by atoms with van der Waals surface area (Å²) in [7, 11) is -3.74. The zero-order chi connectivity index (χ0) is 15.5. The first-order valence-electron chi connectivity index (χ1n) is 7.58. The minimum atomic E-state index is -3.74. The van der Waals surface area contributed by atoms with E-state index in [-0.39, 0.29) is 6.54 Å². The molecular formula is C13H24N2O5S. The minimum absolute atomic E-state index is 0.00742. The topological polar surface area (TPSA) is 107 Å². The molecule has 2 aliphatic rings. The van der Waals surface area contributed by atoms with Crippen molar-refractivity contribution in [1.29, 1.82) is 0 Å². The van der Waals surface area contributed by atoms with Gasteiger partial charge in [-0.05, 0) is 25.7 Å². The van der Waals surface area contributed by atoms with E-state index in [2.05, 4.69) is 4.72 Å². The molecule has 2 rings (SSSR count). The summed E-state index contributed by atoms with van der Waals surface area (Å²) in [6.07, 6.45) is 4.41. The Morgan fingerprint density at radius 3 is 2.52 bits per heavy atom. The van der Waals surface area contributed by atoms with E-state index in [0.717, 1.165) is 19.3 Å². The summed E-state index contributed by atoms with van der Waals surface area (Å²) < 4.78 is 28.6. The number of aliphatic hydroxyl groups is 1. The molecule has 0 aromatic carbocycles. The predicted octanol–water partition coefficient (Wildman–Crippen LogP) is 0.311. The number of nitrogens with zero attached hydrogens (tertiary/aromatic N) is 1. The Kier molecular flexibility index (Phi) is 5.59. The SMILES string of the molecule is O=C(O)C1CCCN(S(=O)(=O)NC2CCCCCC2O)C1. The van der Waals surface area contributed by atoms with Gasteiger partial charge < -0.3 is 10.2 Å². The average Bonchev–Trinajstić information content (AvgIpc) is 2.64. The van der Waals surface area contributed by atoms with E-state index in [1.165, 1.54) is 4.31 Å². The fraction of sp³-hybridized carbons (Fsp3) is 0.923. The van der Waals surface area contributed by atoms with E-state index >= 15 is 0 Å². The van der Waals surface area contributed by atoms with Gasteiger partial charge in [-0.2, -0.15) is 17.4 Å². The minimum Gasteiger partial charge on any atom is -0.481 e. The van der Waals surface area contributed by atoms with Crippen LogP contribution in [0.15, 0.2) is 0 Å². The van der Waals surface area contributed by atoms with Crippen LogP contribution in [0.1, 0.15) is 44.9 Å². The van der Waals surface area contributed by atoms with Crippen molar-refractivity contribution in [2.24, 2.45) is 5.92 Å². The molecule has 0 amide bonds. The number of hydrogen-bond donors (Lipinski definition) is 3. The fourth-order valence-corrected chi connectivity index (χ4v) is 4.61. The molecule has 0 radical (unpaired) electrons. The third kappa shape index (κ3) is 4.38. The Labute approximate surface area is 125 Å². The van der Waals surface area contributed by atoms with Crippen LogP contribution in [0.25, 0.3) is 0 Å². The molecule has 122 valence electrons. The second kappa shape index (κ2) is 7.04. The number of piperidine rings is 1. The largest absolute Gasteiger partial charge is 0.481 e. The van der Waals surface area contributed by atoms with Crippen LogP contribution in [0.4, 0.5) is 0 Å². The van der Waals surface area contributed by atoms with E-state index in [0.29, 0.717) is 32.2 Å². The molecule has 0 spiro atoms. The Morgan fingerprint density at radius 1 is 1.10 bits per heavy atom. The highest BCUT2D eigenvalue weighted by molar-refractivity contribution is 7.87. The van der Waals surface area contributed by atoms with Gasteiger partial charge in [0.05, 0.1) is 12.0 Å². The number of nitrogens with one attached hydrogen (secondary N) is 1. The van der Waals surface area contributed by atoms with Crippen molar-refractivity contribution in [2.75, 3.05) is 13.1 Å². The maximum absolute atomic E-state index is 12.4. The van der Waals surface area contributed by atoms with Gasteiger partial charge >= 0.3 is 5.97 Å². The quantitative estimate of drug-likeness (QED) is 0.646. The summed E-state index contributed by atoms with van der Waals surface area (Å²) in [5, 5.41) is 19.1. The molecule has 7 nitrogen and oxygen atoms in total. The molecule has 8 heteroatoms. The number of hydrogen-bond acceptors (Lipinski definition) is 4. The summed E-state index contributed by atoms with van der Waals surface area (Å²) in [5.74, 6) is -1.60. The number of carboxylic acid groups (broad SMARTS) is 1. The molecule has 21 heavy (non-hydrogen) atoms. The van der Waals surface area contributed by atoms with Crippen molar-refractivity contribution in [3.63, 3.8) is 0 Å². The van der Waals surface area contributed by atoms with Crippen LogP contribution in [0, 0.1) is 5.92 Å². The number of rotatable bonds is 4. The molecule has 1 heterocycles. The fourth-order valence-electron chi connectivity index (χ4n) is 3.05. The van der Waals surface area contributed by atoms with Crippen LogP contribution < -0.4 is 4.72 Å². The van der Waals surface area contributed by atoms with E-state index in [9.17, 15) is 18.3 Å². The van der Waals surface area contributed by atoms with E-state index in [4.69, 9.17) is 5.11 Å². The molecule has 1 saturated heterocycles. The van der Waals surface area contributed by atoms with Crippen LogP contribution in [0.3, 0.4) is 0 Å². The molecule has 3 unspecified atom stereocenters. The smallest absolute Gasteiger partial charge is 0.307 e. The lowest BCUT2D eigenvalue weighted by molar-refractivity contribution is -0.142. The Balaban J connectivity index is 2.01. The Bertz CT molecular complexity index is 467. The molecule has 0 bridgehead atoms. The monoisotopic (exact) mass is 320 g/mol. The number of carbonyl (C=O) groups is 1. The lowest BCUT2D eigenvalue weighted by Crippen LogP contribution is -2.52. The summed E-state index contributed by atoms with van der Waals surface area (Å²) in [4.78, 5) is 11.0. The van der Waals surface area contributed by atoms with Crippen molar-refractivity contribution >= 4 is 16.2 Å². The highest BCUT2D eigenvalue weighted by Gasteiger charge is 2.34. The van der Waals surface area contributed by atoms with E-state index < -0.39 is 34.2 Å². The zero-order valence-electron chi connectivity index (χ0n) is 12.1. The van der Waals surface area contributed by atoms with Gasteiger partial charge in [-0.15, -0.1) is 0 Å². The lowest BCUT2D eigenvalue weighted by Gasteiger charge is -2.32. The van der Waals surface area contributed by atoms with Gasteiger partial charge in [0.1, 0.15) is 0 Å². The maximum Gasteiger partial charge on any atom is 0.307 e. The van der Waals surface area contributed by atoms with Crippen molar-refractivity contribution in [3.8, 4) is 0 Å². The Hall–Kier alpha value is -0.700. The summed E-state index contributed by atoms with van der Waals surface area (Å²) in [5.41, 5.74) is 0. The first kappa shape index (κ1) is 16.7. The van der Waals surface area contributed by atoms with Gasteiger partial charge in [-0.1, -0.05) is 19.3 Å². The molecule has 3 atom stereocenters. The Morgan fingerprint density at radius 2 is 1.81 bits per heavy atom. The van der Waals surface area contributed by atoms with Crippen LogP contribution in [-0.2, 0) is 15.0 Å². The summed E-state index contributed by atoms with van der Waals surface area (Å²) in [6, 6.07) is -0.470. The number of aliphatic carboxylic acids is 1. The number of carboxylic acids is 1. The molecule has 1 aliphatic heterocycles. The third-order valence-electron chi connectivity index (χ3n) is 4.35. The van der Waals surface area contributed by atoms with Gasteiger partial charge in [0.15, 0.2) is 0 Å². The van der Waals surface area contributed by atoms with Crippen molar-refractivity contribution < 1.29 is 23.4 Å². The van der Waals surface area contributed by atoms with Crippen LogP contribution >= 0.6 is 0 Å². The molecule has 3 N–H and O–H groups in total. The van der Waals surface area contributed by atoms with Crippen LogP contribution in [0.2, 0.25) is 0 Å². The van der Waals surface area contributed by atoms with Gasteiger partial charge in [-0.3, -0.25) is 4.79 Å².